The van der Waals surface area contributed by atoms with Crippen molar-refractivity contribution in [3.05, 3.63) is 91.0 Å². The van der Waals surface area contributed by atoms with Crippen molar-refractivity contribution in [2.75, 3.05) is 39.5 Å². The van der Waals surface area contributed by atoms with Crippen LogP contribution in [0, 0.1) is 24.6 Å². The first kappa shape index (κ1) is 59.4. The van der Waals surface area contributed by atoms with Gasteiger partial charge in [0.05, 0.1) is 60.4 Å². The van der Waals surface area contributed by atoms with E-state index in [0.29, 0.717) is 51.8 Å². The van der Waals surface area contributed by atoms with Crippen LogP contribution in [0.4, 0.5) is 9.18 Å². The summed E-state index contributed by atoms with van der Waals surface area (Å²) in [6, 6.07) is 6.34. The largest absolute Gasteiger partial charge is 0.461 e. The van der Waals surface area contributed by atoms with Gasteiger partial charge in [-0.3, -0.25) is 24.0 Å². The summed E-state index contributed by atoms with van der Waals surface area (Å²) in [5, 5.41) is 61.0. The van der Waals surface area contributed by atoms with Crippen molar-refractivity contribution in [1.29, 1.82) is 0 Å². The second-order valence-corrected chi connectivity index (χ2v) is 21.0. The standard InChI is InChI=1S/C58H66FN5O18/c1-3-58(76)39-21-43-49-37(24-64(43)54(73)38(39)28-79-56(58)74)48-41(15-14-35-30(2)40(59)22-42(63-49)47(35)48)62-46(68)29-77-19-17-32(66)23-61-57(75)80-26-31-13-16-44(81-55-52(71)51(70)50(69)45(25-65)82-55)36(20-31)53(72)60-18-9-10-33(67)27-78-34-11-7-5-4-6-8-12-34/h13,16,20-22,34,41,45,50-52,55,65,69-71,76H,3-7,9-11,14-15,17-19,23-29H2,1-2H3,(H,60,72)(H,61,75)(H,62,68)/t34?,41-,45+,50+,51-,52+,55+,58-/m0/s1. The average molecular weight is 1140 g/mol. The van der Waals surface area contributed by atoms with Crippen LogP contribution in [0.15, 0.2) is 35.1 Å². The predicted molar refractivity (Wildman–Crippen MR) is 285 cm³/mol. The summed E-state index contributed by atoms with van der Waals surface area (Å²) in [5.41, 5.74) is 1.31. The third-order valence-corrected chi connectivity index (χ3v) is 15.5. The van der Waals surface area contributed by atoms with Gasteiger partial charge in [0, 0.05) is 48.4 Å². The molecule has 3 aliphatic heterocycles. The van der Waals surface area contributed by atoms with Crippen LogP contribution in [0.5, 0.6) is 5.75 Å². The molecule has 1 unspecified atom stereocenters. The van der Waals surface area contributed by atoms with Crippen LogP contribution in [0.25, 0.3) is 22.3 Å². The average Bonchev–Trinajstić information content (AvgIpc) is 1.91. The number of nitrogens with one attached hydrogen (secondary N) is 3. The number of ketones is 2. The summed E-state index contributed by atoms with van der Waals surface area (Å²) < 4.78 is 50.0. The van der Waals surface area contributed by atoms with Gasteiger partial charge in [0.2, 0.25) is 12.2 Å². The van der Waals surface area contributed by atoms with Gasteiger partial charge in [-0.15, -0.1) is 5.92 Å². The van der Waals surface area contributed by atoms with Gasteiger partial charge in [0.1, 0.15) is 68.5 Å². The van der Waals surface area contributed by atoms with Gasteiger partial charge in [-0.2, -0.15) is 0 Å². The van der Waals surface area contributed by atoms with E-state index in [1.807, 2.05) is 0 Å². The topological polar surface area (TPSA) is 330 Å². The Hall–Kier alpha value is -7.21. The Morgan fingerprint density at radius 2 is 1.77 bits per heavy atom. The molecule has 2 aliphatic carbocycles. The molecule has 8 N–H and O–H groups in total. The van der Waals surface area contributed by atoms with Gasteiger partial charge in [-0.1, -0.05) is 25.3 Å². The van der Waals surface area contributed by atoms with Gasteiger partial charge in [0.25, 0.3) is 11.5 Å². The monoisotopic (exact) mass is 1140 g/mol. The van der Waals surface area contributed by atoms with Gasteiger partial charge >= 0.3 is 12.1 Å². The minimum absolute atomic E-state index is 0.0516. The molecule has 8 atom stereocenters. The number of amides is 3. The predicted octanol–water partition coefficient (Wildman–Crippen LogP) is 2.14. The quantitative estimate of drug-likeness (QED) is 0.0280. The number of hydrogen-bond donors (Lipinski definition) is 8. The van der Waals surface area contributed by atoms with Crippen molar-refractivity contribution in [2.45, 2.75) is 153 Å². The van der Waals surface area contributed by atoms with Gasteiger partial charge in [-0.25, -0.2) is 19.0 Å². The Morgan fingerprint density at radius 1 is 0.951 bits per heavy atom. The highest BCUT2D eigenvalue weighted by Gasteiger charge is 2.47. The van der Waals surface area contributed by atoms with Gasteiger partial charge in [-0.05, 0) is 92.3 Å². The van der Waals surface area contributed by atoms with E-state index in [1.165, 1.54) is 28.8 Å². The minimum Gasteiger partial charge on any atom is -0.461 e. The maximum atomic E-state index is 15.4. The van der Waals surface area contributed by atoms with Gasteiger partial charge < -0.3 is 74.5 Å². The van der Waals surface area contributed by atoms with E-state index in [2.05, 4.69) is 27.8 Å². The number of benzene rings is 2. The van der Waals surface area contributed by atoms with E-state index < -0.39 is 110 Å². The van der Waals surface area contributed by atoms with Crippen molar-refractivity contribution in [2.24, 2.45) is 0 Å². The number of fused-ring (bicyclic) bond motifs is 5. The first-order chi connectivity index (χ1) is 39.4. The van der Waals surface area contributed by atoms with E-state index in [9.17, 15) is 59.1 Å². The molecule has 438 valence electrons. The lowest BCUT2D eigenvalue weighted by atomic mass is 9.81. The Morgan fingerprint density at radius 3 is 2.56 bits per heavy atom. The zero-order valence-electron chi connectivity index (χ0n) is 45.4. The number of pyridine rings is 2. The number of ether oxygens (including phenoxy) is 6. The Kier molecular flexibility index (Phi) is 18.8. The number of aromatic nitrogens is 2. The number of Topliss-reactive ketones (excluding diaryl/α,β-unsaturated/α-hetero) is 2. The van der Waals surface area contributed by atoms with Crippen LogP contribution < -0.4 is 26.2 Å². The highest BCUT2D eigenvalue weighted by atomic mass is 19.1. The number of cyclic esters (lactones) is 1. The molecule has 1 saturated heterocycles. The van der Waals surface area contributed by atoms with E-state index in [4.69, 9.17) is 33.4 Å². The number of aliphatic hydroxyl groups is 5. The fourth-order valence-corrected chi connectivity index (χ4v) is 10.9. The molecule has 0 bridgehead atoms. The van der Waals surface area contributed by atoms with Crippen molar-refractivity contribution >= 4 is 46.3 Å². The maximum Gasteiger partial charge on any atom is 0.407 e. The highest BCUT2D eigenvalue weighted by Crippen LogP contribution is 2.46. The molecule has 5 heterocycles. The Balaban J connectivity index is 0.768. The van der Waals surface area contributed by atoms with E-state index in [0.717, 1.165) is 37.7 Å². The summed E-state index contributed by atoms with van der Waals surface area (Å²) in [7, 11) is 0. The number of carbonyl (C=O) groups excluding carboxylic acids is 6. The summed E-state index contributed by atoms with van der Waals surface area (Å²) in [4.78, 5) is 96.9. The number of alkyl carbamates (subject to hydrolysis) is 1. The molecule has 82 heavy (non-hydrogen) atoms. The number of halogens is 1. The number of aliphatic hydroxyl groups excluding tert-OH is 4. The lowest BCUT2D eigenvalue weighted by Gasteiger charge is -2.39. The molecule has 1 fully saturated rings. The van der Waals surface area contributed by atoms with Gasteiger partial charge in [0.15, 0.2) is 17.2 Å². The molecular formula is C58H66FN5O18. The molecule has 4 aromatic rings. The molecule has 23 nitrogen and oxygen atoms in total. The first-order valence-corrected chi connectivity index (χ1v) is 27.5. The Bertz CT molecular complexity index is 3280. The zero-order valence-corrected chi connectivity index (χ0v) is 45.4. The van der Waals surface area contributed by atoms with Crippen molar-refractivity contribution in [3.63, 3.8) is 0 Å². The van der Waals surface area contributed by atoms with Crippen LogP contribution in [0.1, 0.15) is 126 Å². The molecule has 2 aromatic carbocycles. The summed E-state index contributed by atoms with van der Waals surface area (Å²) in [5.74, 6) is 2.80. The number of carbonyl (C=O) groups is 6. The van der Waals surface area contributed by atoms with E-state index in [1.54, 1.807) is 19.9 Å². The Labute approximate surface area is 469 Å². The molecule has 0 radical (unpaired) electrons. The van der Waals surface area contributed by atoms with Crippen LogP contribution >= 0.6 is 0 Å². The second-order valence-electron chi connectivity index (χ2n) is 21.0. The van der Waals surface area contributed by atoms with Crippen LogP contribution in [-0.4, -0.2) is 147 Å². The molecule has 9 rings (SSSR count). The maximum absolute atomic E-state index is 15.4. The number of esters is 1. The molecule has 0 spiro atoms. The van der Waals surface area contributed by atoms with Crippen molar-refractivity contribution in [1.82, 2.24) is 25.5 Å². The lowest BCUT2D eigenvalue weighted by molar-refractivity contribution is -0.277. The molecule has 5 aliphatic rings. The SMILES string of the molecule is CC[C@@]1(O)C(=O)OCc2c1cc1n(c2=O)Cc2c-1nc1cc(F)c(C)c3c1c2[C@@H](NC(=O)COCCC(=O)CNC(=O)OCc1ccc(O[C@@H]2O[C@H](CO)[C@@H](O)[C@H](O)[C@H]2O)c(C(=O)NCCCC(=O)COC2C#CCCCCC2)c1)CC3. The molecule has 3 amide bonds. The number of rotatable bonds is 22. The molecule has 2 aromatic heterocycles. The first-order valence-electron chi connectivity index (χ1n) is 27.5. The number of nitrogens with zero attached hydrogens (tertiary/aromatic N) is 2. The molecule has 24 heteroatoms. The minimum atomic E-state index is -2.06. The lowest BCUT2D eigenvalue weighted by Crippen LogP contribution is -2.60. The fourth-order valence-electron chi connectivity index (χ4n) is 10.9. The van der Waals surface area contributed by atoms with Crippen LogP contribution in [0.3, 0.4) is 0 Å². The highest BCUT2D eigenvalue weighted by molar-refractivity contribution is 5.97. The molecular weight excluding hydrogens is 1070 g/mol. The van der Waals surface area contributed by atoms with Crippen LogP contribution in [-0.2, 0) is 74.6 Å². The fraction of sp³-hybridized carbons (Fsp3) is 0.517. The number of hydrogen-bond acceptors (Lipinski definition) is 19. The van der Waals surface area contributed by atoms with E-state index in [-0.39, 0.29) is 98.5 Å². The zero-order chi connectivity index (χ0) is 58.4. The van der Waals surface area contributed by atoms with Crippen molar-refractivity contribution < 1.29 is 87.1 Å². The normalized spacial score (nSPS) is 23.4. The summed E-state index contributed by atoms with van der Waals surface area (Å²) >= 11 is 0. The third-order valence-electron chi connectivity index (χ3n) is 15.5. The smallest absolute Gasteiger partial charge is 0.407 e. The van der Waals surface area contributed by atoms with Crippen molar-refractivity contribution in [3.8, 4) is 29.0 Å². The van der Waals surface area contributed by atoms with E-state index >= 15 is 4.39 Å². The van der Waals surface area contributed by atoms with Crippen LogP contribution in [0.2, 0.25) is 0 Å². The third kappa shape index (κ3) is 12.7. The summed E-state index contributed by atoms with van der Waals surface area (Å²) in [6.07, 6.45) is -3.97. The number of aryl methyl sites for hydroxylation is 1. The molecule has 0 saturated carbocycles. The second kappa shape index (κ2) is 25.9. The summed E-state index contributed by atoms with van der Waals surface area (Å²) in [6.45, 7) is 0.723.